The molecule has 2 rings (SSSR count). The molecule has 0 aliphatic carbocycles. The van der Waals surface area contributed by atoms with Crippen LogP contribution in [-0.4, -0.2) is 32.0 Å². The van der Waals surface area contributed by atoms with Gasteiger partial charge in [0.25, 0.3) is 0 Å². The van der Waals surface area contributed by atoms with Crippen LogP contribution in [0, 0.1) is 11.6 Å². The summed E-state index contributed by atoms with van der Waals surface area (Å²) in [6, 6.07) is 5.09. The maximum Gasteiger partial charge on any atom is 0.573 e. The highest BCUT2D eigenvalue weighted by atomic mass is 32.2. The number of alkyl halides is 3. The Kier molecular flexibility index (Phi) is 7.20. The van der Waals surface area contributed by atoms with E-state index in [-0.39, 0.29) is 24.1 Å². The van der Waals surface area contributed by atoms with Crippen molar-refractivity contribution < 1.29 is 36.0 Å². The molecule has 2 aromatic rings. The zero-order valence-electron chi connectivity index (χ0n) is 16.2. The number of aromatic nitrogens is 1. The van der Waals surface area contributed by atoms with Crippen molar-refractivity contribution in [2.24, 2.45) is 5.14 Å². The molecule has 5 nitrogen and oxygen atoms in total. The molecular weight excluding hydrogens is 431 g/mol. The van der Waals surface area contributed by atoms with Crippen LogP contribution in [-0.2, 0) is 16.4 Å². The van der Waals surface area contributed by atoms with Crippen LogP contribution in [0.3, 0.4) is 0 Å². The van der Waals surface area contributed by atoms with Gasteiger partial charge in [0.1, 0.15) is 5.82 Å². The van der Waals surface area contributed by atoms with Gasteiger partial charge in [-0.3, -0.25) is 10.1 Å². The zero-order chi connectivity index (χ0) is 22.7. The summed E-state index contributed by atoms with van der Waals surface area (Å²) in [4.78, 5) is 4.04. The fourth-order valence-electron chi connectivity index (χ4n) is 3.41. The lowest BCUT2D eigenvalue weighted by atomic mass is 9.69. The van der Waals surface area contributed by atoms with Gasteiger partial charge in [-0.1, -0.05) is 6.07 Å². The van der Waals surface area contributed by atoms with Crippen LogP contribution in [0.2, 0.25) is 0 Å². The fourth-order valence-corrected chi connectivity index (χ4v) is 3.79. The number of pyridine rings is 1. The number of ether oxygens (including phenoxy) is 1. The van der Waals surface area contributed by atoms with Crippen molar-refractivity contribution in [3.8, 4) is 5.75 Å². The van der Waals surface area contributed by atoms with E-state index in [0.29, 0.717) is 0 Å². The Hall–Kier alpha value is -2.11. The zero-order valence-corrected chi connectivity index (χ0v) is 17.0. The van der Waals surface area contributed by atoms with E-state index in [4.69, 9.17) is 5.14 Å². The minimum absolute atomic E-state index is 0.0275. The molecule has 166 valence electrons. The molecule has 0 aliphatic rings. The summed E-state index contributed by atoms with van der Waals surface area (Å²) in [7, 11) is -1.90. The molecule has 0 bridgehead atoms. The molecule has 30 heavy (non-hydrogen) atoms. The van der Waals surface area contributed by atoms with Crippen molar-refractivity contribution >= 4 is 11.0 Å². The summed E-state index contributed by atoms with van der Waals surface area (Å²) >= 11 is 0. The first-order valence-electron chi connectivity index (χ1n) is 8.76. The third-order valence-corrected chi connectivity index (χ3v) is 5.97. The summed E-state index contributed by atoms with van der Waals surface area (Å²) in [5.74, 6) is -3.18. The molecular formula is C19H21F5N2O3S. The number of nitrogens with two attached hydrogens (primary N) is 1. The van der Waals surface area contributed by atoms with Crippen molar-refractivity contribution in [1.82, 2.24) is 4.98 Å². The van der Waals surface area contributed by atoms with E-state index in [9.17, 15) is 31.3 Å². The SMILES string of the molecule is CC(C)(C[C@@](CCO)(c1ccc(OC(F)(F)F)c(F)c1)c1ncccc1F)S(N)=O. The van der Waals surface area contributed by atoms with E-state index in [1.807, 2.05) is 0 Å². The van der Waals surface area contributed by atoms with Gasteiger partial charge in [0.2, 0.25) is 0 Å². The monoisotopic (exact) mass is 452 g/mol. The molecule has 2 atom stereocenters. The Morgan fingerprint density at radius 2 is 1.83 bits per heavy atom. The Bertz CT molecular complexity index is 923. The molecule has 1 heterocycles. The predicted octanol–water partition coefficient (Wildman–Crippen LogP) is 3.72. The van der Waals surface area contributed by atoms with Gasteiger partial charge in [-0.05, 0) is 56.5 Å². The predicted molar refractivity (Wildman–Crippen MR) is 101 cm³/mol. The van der Waals surface area contributed by atoms with E-state index in [0.717, 1.165) is 24.3 Å². The first-order valence-corrected chi connectivity index (χ1v) is 9.97. The standard InChI is InChI=1S/C19H21F5N2O3S/c1-17(2,30(25)28)11-18(7-9-27,16-13(20)4-3-8-26-16)12-5-6-15(14(21)10-12)29-19(22,23)24/h3-6,8,10,27H,7,9,11,25H2,1-2H3/t18-,30?/m0/s1. The van der Waals surface area contributed by atoms with E-state index in [2.05, 4.69) is 9.72 Å². The van der Waals surface area contributed by atoms with Gasteiger partial charge in [0.05, 0.1) is 21.4 Å². The minimum Gasteiger partial charge on any atom is -0.403 e. The first kappa shape index (κ1) is 24.2. The second kappa shape index (κ2) is 8.94. The third-order valence-electron chi connectivity index (χ3n) is 4.73. The van der Waals surface area contributed by atoms with Crippen LogP contribution >= 0.6 is 0 Å². The number of hydrogen-bond acceptors (Lipinski definition) is 4. The topological polar surface area (TPSA) is 85.4 Å². The lowest BCUT2D eigenvalue weighted by molar-refractivity contribution is -0.275. The molecule has 0 saturated heterocycles. The van der Waals surface area contributed by atoms with Crippen LogP contribution in [0.1, 0.15) is 37.9 Å². The molecule has 0 fully saturated rings. The van der Waals surface area contributed by atoms with E-state index in [1.54, 1.807) is 0 Å². The summed E-state index contributed by atoms with van der Waals surface area (Å²) in [6.07, 6.45) is -4.14. The van der Waals surface area contributed by atoms with E-state index in [1.165, 1.54) is 26.1 Å². The molecule has 11 heteroatoms. The summed E-state index contributed by atoms with van der Waals surface area (Å²) in [6.45, 7) is 2.58. The Morgan fingerprint density at radius 3 is 2.33 bits per heavy atom. The molecule has 1 aromatic heterocycles. The van der Waals surface area contributed by atoms with Crippen LogP contribution < -0.4 is 9.88 Å². The van der Waals surface area contributed by atoms with Gasteiger partial charge in [-0.25, -0.2) is 13.0 Å². The molecule has 0 amide bonds. The van der Waals surface area contributed by atoms with Gasteiger partial charge in [-0.2, -0.15) is 0 Å². The summed E-state index contributed by atoms with van der Waals surface area (Å²) < 4.78 is 81.2. The van der Waals surface area contributed by atoms with Gasteiger partial charge >= 0.3 is 6.36 Å². The molecule has 1 aromatic carbocycles. The first-order chi connectivity index (χ1) is 13.8. The number of hydrogen-bond donors (Lipinski definition) is 2. The van der Waals surface area contributed by atoms with Crippen LogP contribution in [0.15, 0.2) is 36.5 Å². The number of halogens is 5. The Labute approximate surface area is 172 Å². The van der Waals surface area contributed by atoms with Crippen LogP contribution in [0.4, 0.5) is 22.0 Å². The van der Waals surface area contributed by atoms with Crippen molar-refractivity contribution in [2.45, 2.75) is 43.2 Å². The fraction of sp³-hybridized carbons (Fsp3) is 0.421. The quantitative estimate of drug-likeness (QED) is 0.598. The van der Waals surface area contributed by atoms with Gasteiger partial charge < -0.3 is 9.84 Å². The van der Waals surface area contributed by atoms with Crippen LogP contribution in [0.5, 0.6) is 5.75 Å². The molecule has 0 aliphatic heterocycles. The third kappa shape index (κ3) is 5.32. The van der Waals surface area contributed by atoms with Gasteiger partial charge in [0, 0.05) is 18.2 Å². The summed E-state index contributed by atoms with van der Waals surface area (Å²) in [5, 5.41) is 15.3. The molecule has 0 saturated carbocycles. The maximum absolute atomic E-state index is 14.8. The van der Waals surface area contributed by atoms with Crippen molar-refractivity contribution in [1.29, 1.82) is 0 Å². The van der Waals surface area contributed by atoms with Crippen LogP contribution in [0.25, 0.3) is 0 Å². The highest BCUT2D eigenvalue weighted by molar-refractivity contribution is 7.84. The number of benzene rings is 1. The maximum atomic E-state index is 14.8. The van der Waals surface area contributed by atoms with Crippen molar-refractivity contribution in [3.05, 3.63) is 59.4 Å². The second-order valence-electron chi connectivity index (χ2n) is 7.32. The average molecular weight is 452 g/mol. The average Bonchev–Trinajstić information content (AvgIpc) is 2.62. The minimum atomic E-state index is -5.10. The normalized spacial score (nSPS) is 15.5. The summed E-state index contributed by atoms with van der Waals surface area (Å²) in [5.41, 5.74) is -1.68. The number of aliphatic hydroxyl groups excluding tert-OH is 1. The number of rotatable bonds is 8. The molecule has 3 N–H and O–H groups in total. The number of nitrogens with zero attached hydrogens (tertiary/aromatic N) is 1. The van der Waals surface area contributed by atoms with Crippen molar-refractivity contribution in [3.63, 3.8) is 0 Å². The molecule has 1 unspecified atom stereocenters. The highest BCUT2D eigenvalue weighted by Crippen LogP contribution is 2.44. The smallest absolute Gasteiger partial charge is 0.403 e. The largest absolute Gasteiger partial charge is 0.573 e. The molecule has 0 spiro atoms. The lowest BCUT2D eigenvalue weighted by Gasteiger charge is -2.39. The lowest BCUT2D eigenvalue weighted by Crippen LogP contribution is -2.43. The second-order valence-corrected chi connectivity index (χ2v) is 9.02. The molecule has 0 radical (unpaired) electrons. The van der Waals surface area contributed by atoms with E-state index < -0.39 is 51.5 Å². The number of aliphatic hydroxyl groups is 1. The Morgan fingerprint density at radius 1 is 1.17 bits per heavy atom. The van der Waals surface area contributed by atoms with Gasteiger partial charge in [-0.15, -0.1) is 13.2 Å². The Balaban J connectivity index is 2.73. The van der Waals surface area contributed by atoms with E-state index >= 15 is 0 Å². The highest BCUT2D eigenvalue weighted by Gasteiger charge is 2.44. The van der Waals surface area contributed by atoms with Crippen molar-refractivity contribution in [2.75, 3.05) is 6.61 Å². The van der Waals surface area contributed by atoms with Gasteiger partial charge in [0.15, 0.2) is 11.6 Å².